The van der Waals surface area contributed by atoms with E-state index in [0.29, 0.717) is 46.4 Å². The molecule has 0 amide bonds. The number of nitrogens with zero attached hydrogens (tertiary/aromatic N) is 10. The van der Waals surface area contributed by atoms with E-state index in [0.717, 1.165) is 68.6 Å². The highest BCUT2D eigenvalue weighted by Crippen LogP contribution is 2.48. The number of ether oxygens (including phenoxy) is 1. The first kappa shape index (κ1) is 36.2. The molecule has 4 aromatic heterocycles. The Morgan fingerprint density at radius 3 is 2.80 bits per heavy atom. The predicted molar refractivity (Wildman–Crippen MR) is 192 cm³/mol. The Labute approximate surface area is 301 Å². The van der Waals surface area contributed by atoms with Crippen LogP contribution in [0.25, 0.3) is 11.5 Å². The molecule has 1 saturated heterocycles. The van der Waals surface area contributed by atoms with Crippen molar-refractivity contribution in [1.29, 1.82) is 5.26 Å². The van der Waals surface area contributed by atoms with Crippen molar-refractivity contribution in [2.45, 2.75) is 103 Å². The molecule has 1 unspecified atom stereocenters. The van der Waals surface area contributed by atoms with Crippen LogP contribution in [-0.2, 0) is 16.6 Å². The van der Waals surface area contributed by atoms with Crippen LogP contribution in [-0.4, -0.2) is 88.9 Å². The van der Waals surface area contributed by atoms with E-state index in [1.54, 1.807) is 18.5 Å². The molecular weight excluding hydrogens is 671 g/mol. The van der Waals surface area contributed by atoms with Crippen molar-refractivity contribution in [3.05, 3.63) is 40.4 Å². The SMILES string of the molecule is CC(C)C(C(=O)O)n1cc(OCCCCN2C[C@H](C)N(c3nccc(-c4noc([C@@]5(C)CCCc6sc(N)c(C#N)c65)n4)n3)CCC2(C)C)nn1. The van der Waals surface area contributed by atoms with E-state index in [9.17, 15) is 15.2 Å². The molecule has 0 spiro atoms. The molecule has 272 valence electrons. The van der Waals surface area contributed by atoms with Crippen LogP contribution in [0.4, 0.5) is 10.9 Å². The zero-order valence-corrected chi connectivity index (χ0v) is 31.0. The first-order valence-electron chi connectivity index (χ1n) is 17.6. The number of unbranched alkanes of at least 4 members (excludes halogenated alkanes) is 1. The van der Waals surface area contributed by atoms with Gasteiger partial charge in [0.1, 0.15) is 16.8 Å². The van der Waals surface area contributed by atoms with Gasteiger partial charge in [0.15, 0.2) is 6.04 Å². The smallest absolute Gasteiger partial charge is 0.328 e. The molecule has 2 aliphatic rings. The zero-order valence-electron chi connectivity index (χ0n) is 30.2. The van der Waals surface area contributed by atoms with Gasteiger partial charge in [-0.05, 0) is 84.7 Å². The highest BCUT2D eigenvalue weighted by molar-refractivity contribution is 7.16. The third-order valence-electron chi connectivity index (χ3n) is 10.3. The van der Waals surface area contributed by atoms with E-state index in [1.165, 1.54) is 16.0 Å². The number of thiophene rings is 1. The van der Waals surface area contributed by atoms with Gasteiger partial charge < -0.3 is 25.0 Å². The maximum absolute atomic E-state index is 11.6. The summed E-state index contributed by atoms with van der Waals surface area (Å²) in [6.07, 6.45) is 8.57. The topological polar surface area (TPSA) is 198 Å². The number of aliphatic carboxylic acids is 1. The second-order valence-corrected chi connectivity index (χ2v) is 15.9. The van der Waals surface area contributed by atoms with Gasteiger partial charge in [0.2, 0.25) is 17.7 Å². The van der Waals surface area contributed by atoms with E-state index < -0.39 is 17.4 Å². The lowest BCUT2D eigenvalue weighted by Gasteiger charge is -2.37. The van der Waals surface area contributed by atoms with Gasteiger partial charge in [0, 0.05) is 41.3 Å². The van der Waals surface area contributed by atoms with Gasteiger partial charge in [0.05, 0.1) is 23.8 Å². The number of aryl methyl sites for hydroxylation is 1. The number of hydrogen-bond donors (Lipinski definition) is 2. The molecule has 15 nitrogen and oxygen atoms in total. The molecule has 4 aromatic rings. The Kier molecular flexibility index (Phi) is 10.3. The van der Waals surface area contributed by atoms with Crippen molar-refractivity contribution >= 4 is 28.3 Å². The number of aromatic nitrogens is 7. The van der Waals surface area contributed by atoms with Gasteiger partial charge in [-0.25, -0.2) is 19.4 Å². The lowest BCUT2D eigenvalue weighted by atomic mass is 9.72. The Morgan fingerprint density at radius 1 is 1.25 bits per heavy atom. The van der Waals surface area contributed by atoms with Crippen LogP contribution in [0.1, 0.15) is 102 Å². The zero-order chi connectivity index (χ0) is 36.5. The number of nitrogen functional groups attached to an aromatic ring is 1. The third-order valence-corrected chi connectivity index (χ3v) is 11.4. The number of carbonyl (C=O) groups is 1. The molecule has 0 bridgehead atoms. The fourth-order valence-electron chi connectivity index (χ4n) is 7.35. The van der Waals surface area contributed by atoms with Crippen molar-refractivity contribution in [2.24, 2.45) is 5.92 Å². The number of rotatable bonds is 12. The van der Waals surface area contributed by atoms with Crippen LogP contribution in [0.2, 0.25) is 0 Å². The number of fused-ring (bicyclic) bond motifs is 1. The van der Waals surface area contributed by atoms with E-state index in [1.807, 2.05) is 13.8 Å². The highest BCUT2D eigenvalue weighted by Gasteiger charge is 2.43. The summed E-state index contributed by atoms with van der Waals surface area (Å²) in [7, 11) is 0. The molecular formula is C35H47N11O4S. The third kappa shape index (κ3) is 7.27. The van der Waals surface area contributed by atoms with E-state index in [4.69, 9.17) is 25.0 Å². The number of hydrogen-bond acceptors (Lipinski definition) is 14. The first-order valence-corrected chi connectivity index (χ1v) is 18.4. The number of anilines is 2. The Balaban J connectivity index is 1.08. The monoisotopic (exact) mass is 717 g/mol. The summed E-state index contributed by atoms with van der Waals surface area (Å²) in [5.41, 5.74) is 7.58. The maximum Gasteiger partial charge on any atom is 0.328 e. The van der Waals surface area contributed by atoms with Crippen LogP contribution in [0.15, 0.2) is 23.0 Å². The van der Waals surface area contributed by atoms with Gasteiger partial charge in [-0.3, -0.25) is 4.90 Å². The molecule has 6 rings (SSSR count). The molecule has 1 fully saturated rings. The first-order chi connectivity index (χ1) is 24.3. The second kappa shape index (κ2) is 14.5. The Hall–Kier alpha value is -4.62. The molecule has 16 heteroatoms. The van der Waals surface area contributed by atoms with Crippen molar-refractivity contribution in [3.63, 3.8) is 0 Å². The number of carboxylic acids is 1. The predicted octanol–water partition coefficient (Wildman–Crippen LogP) is 5.10. The molecule has 1 aliphatic heterocycles. The van der Waals surface area contributed by atoms with Gasteiger partial charge in [-0.1, -0.05) is 29.3 Å². The van der Waals surface area contributed by atoms with Gasteiger partial charge in [0.25, 0.3) is 5.88 Å². The molecule has 5 heterocycles. The van der Waals surface area contributed by atoms with Crippen LogP contribution < -0.4 is 15.4 Å². The summed E-state index contributed by atoms with van der Waals surface area (Å²) in [5, 5.41) is 32.3. The van der Waals surface area contributed by atoms with Crippen LogP contribution in [0.3, 0.4) is 0 Å². The minimum atomic E-state index is -0.945. The maximum atomic E-state index is 11.6. The molecule has 0 radical (unpaired) electrons. The lowest BCUT2D eigenvalue weighted by molar-refractivity contribution is -0.142. The van der Waals surface area contributed by atoms with Crippen molar-refractivity contribution in [2.75, 3.05) is 36.9 Å². The standard InChI is InChI=1S/C35H47N11O4S/c1-21(2)28(31(47)48)46-20-26(41-43-46)49-17-8-7-15-44-19-22(3)45(16-13-34(44,4)5)33-38-14-11-24(39-33)30-40-32(50-42-30)35(6)12-9-10-25-27(35)23(18-36)29(37)51-25/h11,14,20-22,28H,7-10,12-13,15-17,19,37H2,1-6H3,(H,47,48)/t22-,28?,35-/m0/s1. The molecule has 51 heavy (non-hydrogen) atoms. The van der Waals surface area contributed by atoms with Crippen LogP contribution in [0.5, 0.6) is 5.88 Å². The van der Waals surface area contributed by atoms with Crippen LogP contribution in [0, 0.1) is 17.2 Å². The van der Waals surface area contributed by atoms with Crippen molar-refractivity contribution in [3.8, 4) is 23.5 Å². The van der Waals surface area contributed by atoms with E-state index >= 15 is 0 Å². The summed E-state index contributed by atoms with van der Waals surface area (Å²) in [4.78, 5) is 31.9. The Morgan fingerprint density at radius 2 is 2.06 bits per heavy atom. The second-order valence-electron chi connectivity index (χ2n) is 14.8. The molecule has 0 saturated carbocycles. The van der Waals surface area contributed by atoms with Gasteiger partial charge in [-0.15, -0.1) is 11.3 Å². The molecule has 3 N–H and O–H groups in total. The minimum absolute atomic E-state index is 0.0446. The van der Waals surface area contributed by atoms with Gasteiger partial charge in [-0.2, -0.15) is 10.2 Å². The quantitative estimate of drug-likeness (QED) is 0.184. The molecule has 1 aliphatic carbocycles. The Bertz CT molecular complexity index is 1900. The summed E-state index contributed by atoms with van der Waals surface area (Å²) in [6, 6.07) is 3.46. The van der Waals surface area contributed by atoms with Crippen molar-refractivity contribution < 1.29 is 19.2 Å². The van der Waals surface area contributed by atoms with E-state index in [2.05, 4.69) is 64.0 Å². The van der Waals surface area contributed by atoms with E-state index in [-0.39, 0.29) is 17.5 Å². The largest absolute Gasteiger partial charge is 0.480 e. The van der Waals surface area contributed by atoms with Gasteiger partial charge >= 0.3 is 5.97 Å². The summed E-state index contributed by atoms with van der Waals surface area (Å²) >= 11 is 1.48. The average Bonchev–Trinajstić information content (AvgIpc) is 3.82. The minimum Gasteiger partial charge on any atom is -0.480 e. The van der Waals surface area contributed by atoms with Crippen molar-refractivity contribution in [1.82, 2.24) is 40.0 Å². The number of carboxylic acid groups (broad SMARTS) is 1. The fraction of sp³-hybridized carbons (Fsp3) is 0.600. The lowest BCUT2D eigenvalue weighted by Crippen LogP contribution is -2.46. The molecule has 0 aromatic carbocycles. The fourth-order valence-corrected chi connectivity index (χ4v) is 8.54. The normalized spacial score (nSPS) is 21.2. The van der Waals surface area contributed by atoms with Crippen LogP contribution >= 0.6 is 11.3 Å². The summed E-state index contributed by atoms with van der Waals surface area (Å²) < 4.78 is 13.0. The molecule has 3 atom stereocenters. The highest BCUT2D eigenvalue weighted by atomic mass is 32.1. The number of nitrogens with two attached hydrogens (primary N) is 1. The summed E-state index contributed by atoms with van der Waals surface area (Å²) in [6.45, 7) is 15.5. The summed E-state index contributed by atoms with van der Waals surface area (Å²) in [5.74, 6) is 0.727. The average molecular weight is 718 g/mol. The number of nitriles is 1.